The van der Waals surface area contributed by atoms with Gasteiger partial charge in [0.05, 0.1) is 23.8 Å². The Morgan fingerprint density at radius 2 is 1.69 bits per heavy atom. The summed E-state index contributed by atoms with van der Waals surface area (Å²) in [6, 6.07) is 13.6. The number of carbonyl (C=O) groups excluding carboxylic acids is 1. The first kappa shape index (κ1) is 24.8. The van der Waals surface area contributed by atoms with E-state index in [2.05, 4.69) is 10.4 Å². The number of hydrogen-bond donors (Lipinski definition) is 1. The number of nitrogens with one attached hydrogen (secondary N) is 1. The number of carbonyl (C=O) groups is 1. The average Bonchev–Trinajstić information content (AvgIpc) is 2.84. The molecule has 10 heteroatoms. The van der Waals surface area contributed by atoms with Crippen molar-refractivity contribution in [3.63, 3.8) is 0 Å². The van der Waals surface area contributed by atoms with E-state index in [0.717, 1.165) is 15.8 Å². The molecule has 1 fully saturated rings. The third kappa shape index (κ3) is 5.34. The van der Waals surface area contributed by atoms with E-state index in [9.17, 15) is 18.0 Å². The van der Waals surface area contributed by atoms with Crippen molar-refractivity contribution in [2.75, 3.05) is 31.6 Å². The molecule has 2 aromatic carbocycles. The number of aryl methyl sites for hydroxylation is 3. The first-order chi connectivity index (χ1) is 16.7. The van der Waals surface area contributed by atoms with Crippen molar-refractivity contribution in [1.82, 2.24) is 14.1 Å². The summed E-state index contributed by atoms with van der Waals surface area (Å²) in [5.74, 6) is -0.381. The molecule has 184 valence electrons. The van der Waals surface area contributed by atoms with Crippen LogP contribution in [0.25, 0.3) is 11.3 Å². The monoisotopic (exact) mass is 496 g/mol. The van der Waals surface area contributed by atoms with E-state index in [4.69, 9.17) is 4.74 Å². The zero-order valence-corrected chi connectivity index (χ0v) is 20.8. The Morgan fingerprint density at radius 1 is 1.00 bits per heavy atom. The topological polar surface area (TPSA) is 111 Å². The highest BCUT2D eigenvalue weighted by Crippen LogP contribution is 2.26. The normalized spacial score (nSPS) is 14.6. The first-order valence-electron chi connectivity index (χ1n) is 11.3. The number of sulfonamides is 1. The Labute approximate surface area is 204 Å². The summed E-state index contributed by atoms with van der Waals surface area (Å²) in [7, 11) is -3.71. The Bertz CT molecular complexity index is 1410. The van der Waals surface area contributed by atoms with Gasteiger partial charge in [0.25, 0.3) is 5.56 Å². The van der Waals surface area contributed by atoms with Gasteiger partial charge in [-0.15, -0.1) is 0 Å². The zero-order chi connectivity index (χ0) is 25.2. The van der Waals surface area contributed by atoms with Crippen molar-refractivity contribution in [3.05, 3.63) is 75.6 Å². The maximum atomic E-state index is 13.2. The highest BCUT2D eigenvalue weighted by molar-refractivity contribution is 7.89. The average molecular weight is 497 g/mol. The Morgan fingerprint density at radius 3 is 2.37 bits per heavy atom. The molecule has 1 aliphatic heterocycles. The van der Waals surface area contributed by atoms with E-state index in [1.807, 2.05) is 32.0 Å². The van der Waals surface area contributed by atoms with Crippen LogP contribution in [0.5, 0.6) is 0 Å². The first-order valence-corrected chi connectivity index (χ1v) is 12.7. The van der Waals surface area contributed by atoms with Crippen LogP contribution in [0.2, 0.25) is 0 Å². The molecule has 0 atom stereocenters. The predicted octanol–water partition coefficient (Wildman–Crippen LogP) is 2.50. The molecule has 1 amide bonds. The van der Waals surface area contributed by atoms with Gasteiger partial charge in [0.2, 0.25) is 15.9 Å². The number of rotatable bonds is 6. The second-order valence-electron chi connectivity index (χ2n) is 8.53. The third-order valence-electron chi connectivity index (χ3n) is 5.98. The Kier molecular flexibility index (Phi) is 7.15. The lowest BCUT2D eigenvalue weighted by Crippen LogP contribution is -2.40. The van der Waals surface area contributed by atoms with Crippen LogP contribution in [0.1, 0.15) is 16.7 Å². The van der Waals surface area contributed by atoms with E-state index < -0.39 is 15.6 Å². The van der Waals surface area contributed by atoms with Gasteiger partial charge >= 0.3 is 0 Å². The van der Waals surface area contributed by atoms with Gasteiger partial charge in [-0.3, -0.25) is 9.59 Å². The Hall–Kier alpha value is -3.34. The largest absolute Gasteiger partial charge is 0.379 e. The molecular weight excluding hydrogens is 468 g/mol. The third-order valence-corrected chi connectivity index (χ3v) is 8.02. The molecule has 9 nitrogen and oxygen atoms in total. The van der Waals surface area contributed by atoms with Gasteiger partial charge in [-0.25, -0.2) is 13.1 Å². The van der Waals surface area contributed by atoms with Crippen molar-refractivity contribution >= 4 is 21.6 Å². The van der Waals surface area contributed by atoms with E-state index in [-0.39, 0.29) is 17.3 Å². The summed E-state index contributed by atoms with van der Waals surface area (Å²) in [6.45, 7) is 6.56. The molecule has 0 aliphatic carbocycles. The second kappa shape index (κ2) is 10.1. The number of ether oxygens (including phenoxy) is 1. The lowest BCUT2D eigenvalue weighted by atomic mass is 10.1. The minimum absolute atomic E-state index is 0.184. The van der Waals surface area contributed by atoms with E-state index in [1.165, 1.54) is 16.4 Å². The molecule has 3 aromatic rings. The smallest absolute Gasteiger partial charge is 0.267 e. The molecule has 0 saturated carbocycles. The molecule has 35 heavy (non-hydrogen) atoms. The fourth-order valence-electron chi connectivity index (χ4n) is 4.01. The van der Waals surface area contributed by atoms with Gasteiger partial charge in [0.15, 0.2) is 0 Å². The van der Waals surface area contributed by atoms with Crippen LogP contribution in [-0.4, -0.2) is 54.7 Å². The van der Waals surface area contributed by atoms with Crippen molar-refractivity contribution < 1.29 is 17.9 Å². The summed E-state index contributed by atoms with van der Waals surface area (Å²) in [4.78, 5) is 25.3. The minimum atomic E-state index is -3.71. The molecule has 0 spiro atoms. The molecule has 0 radical (unpaired) electrons. The van der Waals surface area contributed by atoms with E-state index in [0.29, 0.717) is 48.8 Å². The molecule has 1 saturated heterocycles. The quantitative estimate of drug-likeness (QED) is 0.561. The lowest BCUT2D eigenvalue weighted by molar-refractivity contribution is -0.117. The van der Waals surface area contributed by atoms with Crippen LogP contribution in [0.3, 0.4) is 0 Å². The van der Waals surface area contributed by atoms with E-state index in [1.54, 1.807) is 25.1 Å². The van der Waals surface area contributed by atoms with Gasteiger partial charge in [-0.1, -0.05) is 30.3 Å². The number of morpholine rings is 1. The maximum absolute atomic E-state index is 13.2. The predicted molar refractivity (Wildman–Crippen MR) is 133 cm³/mol. The number of benzene rings is 2. The molecule has 0 bridgehead atoms. The van der Waals surface area contributed by atoms with Crippen LogP contribution >= 0.6 is 0 Å². The fourth-order valence-corrected chi connectivity index (χ4v) is 5.66. The van der Waals surface area contributed by atoms with Crippen molar-refractivity contribution in [2.45, 2.75) is 32.2 Å². The molecule has 2 heterocycles. The summed E-state index contributed by atoms with van der Waals surface area (Å²) in [6.07, 6.45) is 0. The van der Waals surface area contributed by atoms with Crippen molar-refractivity contribution in [2.24, 2.45) is 0 Å². The van der Waals surface area contributed by atoms with Crippen molar-refractivity contribution in [3.8, 4) is 11.3 Å². The van der Waals surface area contributed by atoms with Gasteiger partial charge in [0, 0.05) is 30.4 Å². The molecule has 1 aliphatic rings. The van der Waals surface area contributed by atoms with Gasteiger partial charge < -0.3 is 10.1 Å². The van der Waals surface area contributed by atoms with Gasteiger partial charge in [0.1, 0.15) is 6.54 Å². The summed E-state index contributed by atoms with van der Waals surface area (Å²) >= 11 is 0. The highest BCUT2D eigenvalue weighted by atomic mass is 32.2. The Balaban J connectivity index is 1.62. The molecule has 4 rings (SSSR count). The number of anilines is 1. The zero-order valence-electron chi connectivity index (χ0n) is 19.9. The van der Waals surface area contributed by atoms with E-state index >= 15 is 0 Å². The summed E-state index contributed by atoms with van der Waals surface area (Å²) in [5, 5.41) is 7.20. The van der Waals surface area contributed by atoms with Crippen LogP contribution in [0, 0.1) is 20.8 Å². The molecule has 1 N–H and O–H groups in total. The van der Waals surface area contributed by atoms with Gasteiger partial charge in [-0.2, -0.15) is 9.40 Å². The molecular formula is C25H28N4O5S. The van der Waals surface area contributed by atoms with Crippen LogP contribution < -0.4 is 10.9 Å². The highest BCUT2D eigenvalue weighted by Gasteiger charge is 2.28. The number of amides is 1. The van der Waals surface area contributed by atoms with Crippen LogP contribution in [-0.2, 0) is 26.1 Å². The number of hydrogen-bond acceptors (Lipinski definition) is 6. The second-order valence-corrected chi connectivity index (χ2v) is 10.4. The van der Waals surface area contributed by atoms with Crippen LogP contribution in [0.4, 0.5) is 5.69 Å². The maximum Gasteiger partial charge on any atom is 0.267 e. The molecule has 1 aromatic heterocycles. The molecule has 0 unspecified atom stereocenters. The van der Waals surface area contributed by atoms with Crippen LogP contribution in [0.15, 0.2) is 58.2 Å². The number of nitrogens with zero attached hydrogens (tertiary/aromatic N) is 3. The minimum Gasteiger partial charge on any atom is -0.379 e. The fraction of sp³-hybridized carbons (Fsp3) is 0.320. The van der Waals surface area contributed by atoms with Crippen molar-refractivity contribution in [1.29, 1.82) is 0 Å². The number of aromatic nitrogens is 2. The number of para-hydroxylation sites is 1. The summed E-state index contributed by atoms with van der Waals surface area (Å²) in [5.41, 5.74) is 3.65. The standard InChI is InChI=1S/C25H28N4O5S/c1-17-7-8-20(15-22(17)35(32,33)28-11-13-34-14-12-28)21-9-10-24(31)29(27-21)16-23(30)26-25-18(2)5-4-6-19(25)3/h4-10,15H,11-14,16H2,1-3H3,(H,26,30). The lowest BCUT2D eigenvalue weighted by Gasteiger charge is -2.26. The summed E-state index contributed by atoms with van der Waals surface area (Å²) < 4.78 is 34.2. The van der Waals surface area contributed by atoms with Gasteiger partial charge in [-0.05, 0) is 49.6 Å². The SMILES string of the molecule is Cc1ccc(-c2ccc(=O)n(CC(=O)Nc3c(C)cccc3C)n2)cc1S(=O)(=O)N1CCOCC1.